The number of amides is 2. The van der Waals surface area contributed by atoms with Gasteiger partial charge in [-0.1, -0.05) is 35.5 Å². The summed E-state index contributed by atoms with van der Waals surface area (Å²) in [7, 11) is 0. The monoisotopic (exact) mass is 385 g/mol. The Morgan fingerprint density at radius 3 is 2.21 bits per heavy atom. The van der Waals surface area contributed by atoms with Crippen LogP contribution in [-0.2, 0) is 22.7 Å². The molecule has 8 heteroatoms. The molecule has 28 heavy (non-hydrogen) atoms. The fraction of sp³-hybridized carbons (Fsp3) is 0.150. The standard InChI is InChI=1S/C20H17F2N3O3/c1-12-17(25-28-18(12)14-5-3-2-4-6-14)11-24-20(27)19(26)23-10-13-7-15(21)9-16(22)8-13/h2-9H,10-11H2,1H3,(H,23,26)(H,24,27). The van der Waals surface area contributed by atoms with Gasteiger partial charge < -0.3 is 15.2 Å². The first-order chi connectivity index (χ1) is 13.4. The second kappa shape index (κ2) is 8.43. The van der Waals surface area contributed by atoms with E-state index in [-0.39, 0.29) is 18.7 Å². The zero-order valence-electron chi connectivity index (χ0n) is 15.0. The summed E-state index contributed by atoms with van der Waals surface area (Å²) < 4.78 is 31.6. The summed E-state index contributed by atoms with van der Waals surface area (Å²) in [6.07, 6.45) is 0. The van der Waals surface area contributed by atoms with Gasteiger partial charge in [0.15, 0.2) is 5.76 Å². The second-order valence-electron chi connectivity index (χ2n) is 6.09. The average Bonchev–Trinajstić information content (AvgIpc) is 3.04. The minimum Gasteiger partial charge on any atom is -0.356 e. The molecule has 0 bridgehead atoms. The smallest absolute Gasteiger partial charge is 0.309 e. The summed E-state index contributed by atoms with van der Waals surface area (Å²) >= 11 is 0. The van der Waals surface area contributed by atoms with Crippen molar-refractivity contribution in [2.24, 2.45) is 0 Å². The maximum absolute atomic E-state index is 13.1. The van der Waals surface area contributed by atoms with Crippen molar-refractivity contribution in [3.05, 3.63) is 77.0 Å². The molecule has 1 aromatic heterocycles. The lowest BCUT2D eigenvalue weighted by atomic mass is 10.1. The Labute approximate surface area is 159 Å². The Morgan fingerprint density at radius 2 is 1.57 bits per heavy atom. The van der Waals surface area contributed by atoms with E-state index in [9.17, 15) is 18.4 Å². The fourth-order valence-electron chi connectivity index (χ4n) is 2.61. The van der Waals surface area contributed by atoms with Crippen LogP contribution in [0.15, 0.2) is 53.1 Å². The molecule has 0 radical (unpaired) electrons. The molecule has 0 saturated carbocycles. The van der Waals surface area contributed by atoms with E-state index in [1.54, 1.807) is 6.92 Å². The van der Waals surface area contributed by atoms with E-state index in [1.807, 2.05) is 30.3 Å². The quantitative estimate of drug-likeness (QED) is 0.662. The summed E-state index contributed by atoms with van der Waals surface area (Å²) in [6.45, 7) is 1.63. The fourth-order valence-corrected chi connectivity index (χ4v) is 2.61. The van der Waals surface area contributed by atoms with Gasteiger partial charge >= 0.3 is 11.8 Å². The molecule has 2 aromatic carbocycles. The predicted molar refractivity (Wildman–Crippen MR) is 96.7 cm³/mol. The molecule has 0 aliphatic carbocycles. The number of aromatic nitrogens is 1. The molecule has 3 aromatic rings. The first-order valence-electron chi connectivity index (χ1n) is 8.45. The Kier molecular flexibility index (Phi) is 5.78. The number of carbonyl (C=O) groups is 2. The Morgan fingerprint density at radius 1 is 0.964 bits per heavy atom. The van der Waals surface area contributed by atoms with E-state index < -0.39 is 23.4 Å². The molecule has 1 heterocycles. The van der Waals surface area contributed by atoms with E-state index in [2.05, 4.69) is 15.8 Å². The average molecular weight is 385 g/mol. The van der Waals surface area contributed by atoms with Crippen LogP contribution in [0.5, 0.6) is 0 Å². The zero-order valence-corrected chi connectivity index (χ0v) is 15.0. The highest BCUT2D eigenvalue weighted by Crippen LogP contribution is 2.25. The molecule has 3 rings (SSSR count). The van der Waals surface area contributed by atoms with Crippen LogP contribution in [0.3, 0.4) is 0 Å². The SMILES string of the molecule is Cc1c(CNC(=O)C(=O)NCc2cc(F)cc(F)c2)noc1-c1ccccc1. The minimum atomic E-state index is -0.922. The molecule has 0 aliphatic heterocycles. The highest BCUT2D eigenvalue weighted by Gasteiger charge is 2.17. The number of hydrogen-bond acceptors (Lipinski definition) is 4. The van der Waals surface area contributed by atoms with Gasteiger partial charge in [0.2, 0.25) is 0 Å². The van der Waals surface area contributed by atoms with E-state index in [4.69, 9.17) is 4.52 Å². The summed E-state index contributed by atoms with van der Waals surface area (Å²) in [5, 5.41) is 8.68. The molecule has 144 valence electrons. The summed E-state index contributed by atoms with van der Waals surface area (Å²) in [5.74, 6) is -2.74. The summed E-state index contributed by atoms with van der Waals surface area (Å²) in [5.41, 5.74) is 2.30. The maximum Gasteiger partial charge on any atom is 0.309 e. The summed E-state index contributed by atoms with van der Waals surface area (Å²) in [6, 6.07) is 12.2. The van der Waals surface area contributed by atoms with Gasteiger partial charge in [0, 0.05) is 23.7 Å². The van der Waals surface area contributed by atoms with Gasteiger partial charge in [-0.15, -0.1) is 0 Å². The third-order valence-electron chi connectivity index (χ3n) is 4.05. The lowest BCUT2D eigenvalue weighted by molar-refractivity contribution is -0.139. The van der Waals surface area contributed by atoms with Gasteiger partial charge in [-0.05, 0) is 24.6 Å². The van der Waals surface area contributed by atoms with Crippen LogP contribution >= 0.6 is 0 Å². The molecular formula is C20H17F2N3O3. The predicted octanol–water partition coefficient (Wildman–Crippen LogP) is 2.86. The number of nitrogens with one attached hydrogen (secondary N) is 2. The van der Waals surface area contributed by atoms with Gasteiger partial charge in [0.05, 0.1) is 6.54 Å². The molecular weight excluding hydrogens is 368 g/mol. The molecule has 0 saturated heterocycles. The van der Waals surface area contributed by atoms with Gasteiger partial charge in [-0.3, -0.25) is 9.59 Å². The van der Waals surface area contributed by atoms with Crippen LogP contribution in [0, 0.1) is 18.6 Å². The van der Waals surface area contributed by atoms with E-state index in [1.165, 1.54) is 0 Å². The van der Waals surface area contributed by atoms with E-state index >= 15 is 0 Å². The second-order valence-corrected chi connectivity index (χ2v) is 6.09. The Balaban J connectivity index is 1.55. The van der Waals surface area contributed by atoms with Gasteiger partial charge in [-0.25, -0.2) is 8.78 Å². The maximum atomic E-state index is 13.1. The number of halogens is 2. The van der Waals surface area contributed by atoms with Crippen LogP contribution < -0.4 is 10.6 Å². The van der Waals surface area contributed by atoms with Crippen LogP contribution in [0.2, 0.25) is 0 Å². The van der Waals surface area contributed by atoms with Gasteiger partial charge in [0.1, 0.15) is 17.3 Å². The van der Waals surface area contributed by atoms with Gasteiger partial charge in [0.25, 0.3) is 0 Å². The molecule has 2 amide bonds. The van der Waals surface area contributed by atoms with Crippen molar-refractivity contribution in [1.29, 1.82) is 0 Å². The molecule has 0 spiro atoms. The zero-order chi connectivity index (χ0) is 20.1. The molecule has 0 fully saturated rings. The van der Waals surface area contributed by atoms with E-state index in [0.717, 1.165) is 29.3 Å². The largest absolute Gasteiger partial charge is 0.356 e. The lowest BCUT2D eigenvalue weighted by Gasteiger charge is -2.06. The molecule has 2 N–H and O–H groups in total. The highest BCUT2D eigenvalue weighted by atomic mass is 19.1. The van der Waals surface area contributed by atoms with Crippen molar-refractivity contribution in [2.45, 2.75) is 20.0 Å². The normalized spacial score (nSPS) is 10.5. The van der Waals surface area contributed by atoms with Crippen molar-refractivity contribution < 1.29 is 22.9 Å². The molecule has 0 atom stereocenters. The summed E-state index contributed by atoms with van der Waals surface area (Å²) in [4.78, 5) is 23.8. The number of carbonyl (C=O) groups excluding carboxylic acids is 2. The van der Waals surface area contributed by atoms with Gasteiger partial charge in [-0.2, -0.15) is 0 Å². The number of hydrogen-bond donors (Lipinski definition) is 2. The van der Waals surface area contributed by atoms with Crippen LogP contribution in [0.25, 0.3) is 11.3 Å². The third-order valence-corrected chi connectivity index (χ3v) is 4.05. The first-order valence-corrected chi connectivity index (χ1v) is 8.45. The van der Waals surface area contributed by atoms with Crippen molar-refractivity contribution >= 4 is 11.8 Å². The number of nitrogens with zero attached hydrogens (tertiary/aromatic N) is 1. The molecule has 6 nitrogen and oxygen atoms in total. The Hall–Kier alpha value is -3.55. The van der Waals surface area contributed by atoms with E-state index in [0.29, 0.717) is 11.5 Å². The third kappa shape index (κ3) is 4.59. The van der Waals surface area contributed by atoms with Crippen LogP contribution in [0.1, 0.15) is 16.8 Å². The first kappa shape index (κ1) is 19.2. The molecule has 0 aliphatic rings. The van der Waals surface area contributed by atoms with Crippen molar-refractivity contribution in [1.82, 2.24) is 15.8 Å². The topological polar surface area (TPSA) is 84.2 Å². The highest BCUT2D eigenvalue weighted by molar-refractivity contribution is 6.35. The van der Waals surface area contributed by atoms with Crippen LogP contribution in [0.4, 0.5) is 8.78 Å². The Bertz CT molecular complexity index is 983. The van der Waals surface area contributed by atoms with Crippen LogP contribution in [-0.4, -0.2) is 17.0 Å². The van der Waals surface area contributed by atoms with Crippen molar-refractivity contribution in [3.63, 3.8) is 0 Å². The lowest BCUT2D eigenvalue weighted by Crippen LogP contribution is -2.39. The molecule has 0 unspecified atom stereocenters. The number of rotatable bonds is 5. The van der Waals surface area contributed by atoms with Crippen molar-refractivity contribution in [2.75, 3.05) is 0 Å². The number of benzene rings is 2. The van der Waals surface area contributed by atoms with Crippen molar-refractivity contribution in [3.8, 4) is 11.3 Å². The minimum absolute atomic E-state index is 0.00299.